The van der Waals surface area contributed by atoms with Gasteiger partial charge in [-0.2, -0.15) is 0 Å². The Morgan fingerprint density at radius 3 is 1.58 bits per heavy atom. The van der Waals surface area contributed by atoms with Gasteiger partial charge >= 0.3 is 0 Å². The van der Waals surface area contributed by atoms with E-state index in [1.54, 1.807) is 36.4 Å². The van der Waals surface area contributed by atoms with Crippen LogP contribution in [0.25, 0.3) is 20.4 Å². The molecule has 0 aliphatic rings. The Labute approximate surface area is 145 Å². The lowest BCUT2D eigenvalue weighted by molar-refractivity contribution is 0.0172. The topological polar surface area (TPSA) is 118 Å². The van der Waals surface area contributed by atoms with Gasteiger partial charge in [0.1, 0.15) is 22.2 Å². The van der Waals surface area contributed by atoms with E-state index in [4.69, 9.17) is 11.5 Å². The van der Waals surface area contributed by atoms with Crippen molar-refractivity contribution in [2.45, 2.75) is 12.2 Å². The number of nitrogens with zero attached hydrogens (tertiary/aromatic N) is 2. The van der Waals surface area contributed by atoms with Crippen LogP contribution in [-0.2, 0) is 0 Å². The van der Waals surface area contributed by atoms with Gasteiger partial charge in [0.15, 0.2) is 0 Å². The second-order valence-electron chi connectivity index (χ2n) is 5.45. The molecule has 2 heterocycles. The number of nitrogen functional groups attached to an aromatic ring is 2. The van der Waals surface area contributed by atoms with E-state index in [-0.39, 0.29) is 0 Å². The minimum Gasteiger partial charge on any atom is -0.399 e. The summed E-state index contributed by atoms with van der Waals surface area (Å²) < 4.78 is 1.74. The summed E-state index contributed by atoms with van der Waals surface area (Å²) in [7, 11) is 0. The summed E-state index contributed by atoms with van der Waals surface area (Å²) in [6.07, 6.45) is -2.30. The van der Waals surface area contributed by atoms with Crippen molar-refractivity contribution in [1.29, 1.82) is 0 Å². The molecule has 2 aromatic heterocycles. The normalized spacial score (nSPS) is 14.2. The molecule has 24 heavy (non-hydrogen) atoms. The molecule has 4 rings (SSSR count). The number of rotatable bonds is 3. The highest BCUT2D eigenvalue weighted by molar-refractivity contribution is 7.19. The van der Waals surface area contributed by atoms with Gasteiger partial charge in [0.05, 0.1) is 20.4 Å². The predicted molar refractivity (Wildman–Crippen MR) is 98.0 cm³/mol. The maximum absolute atomic E-state index is 10.5. The lowest BCUT2D eigenvalue weighted by atomic mass is 10.2. The molecule has 0 bridgehead atoms. The molecule has 8 heteroatoms. The van der Waals surface area contributed by atoms with E-state index >= 15 is 0 Å². The molecule has 0 fully saturated rings. The Hall–Kier alpha value is -2.26. The van der Waals surface area contributed by atoms with Crippen LogP contribution in [0.5, 0.6) is 0 Å². The molecule has 4 aromatic rings. The molecular weight excluding hydrogens is 344 g/mol. The van der Waals surface area contributed by atoms with Gasteiger partial charge in [0, 0.05) is 11.4 Å². The SMILES string of the molecule is Nc1ccc2nc([C@@H](O)[C@H](O)c3nc4ccc(N)cc4s3)sc2c1. The van der Waals surface area contributed by atoms with E-state index in [1.807, 2.05) is 0 Å². The highest BCUT2D eigenvalue weighted by Crippen LogP contribution is 2.37. The molecule has 122 valence electrons. The monoisotopic (exact) mass is 358 g/mol. The van der Waals surface area contributed by atoms with E-state index in [0.29, 0.717) is 21.4 Å². The van der Waals surface area contributed by atoms with Crippen LogP contribution in [0.4, 0.5) is 11.4 Å². The second kappa shape index (κ2) is 5.67. The minimum absolute atomic E-state index is 0.432. The molecule has 0 aliphatic carbocycles. The van der Waals surface area contributed by atoms with E-state index < -0.39 is 12.2 Å². The van der Waals surface area contributed by atoms with Crippen molar-refractivity contribution in [3.05, 3.63) is 46.4 Å². The zero-order valence-electron chi connectivity index (χ0n) is 12.4. The van der Waals surface area contributed by atoms with E-state index in [0.717, 1.165) is 20.4 Å². The fourth-order valence-electron chi connectivity index (χ4n) is 2.44. The Balaban J connectivity index is 1.69. The fourth-order valence-corrected chi connectivity index (χ4v) is 4.51. The highest BCUT2D eigenvalue weighted by atomic mass is 32.1. The van der Waals surface area contributed by atoms with Gasteiger partial charge in [0.2, 0.25) is 0 Å². The maximum Gasteiger partial charge on any atom is 0.138 e. The molecule has 0 amide bonds. The van der Waals surface area contributed by atoms with Crippen molar-refractivity contribution in [1.82, 2.24) is 9.97 Å². The third kappa shape index (κ3) is 2.59. The van der Waals surface area contributed by atoms with Crippen LogP contribution in [-0.4, -0.2) is 20.2 Å². The average Bonchev–Trinajstić information content (AvgIpc) is 3.16. The largest absolute Gasteiger partial charge is 0.399 e. The molecule has 6 N–H and O–H groups in total. The first-order valence-electron chi connectivity index (χ1n) is 7.19. The number of anilines is 2. The van der Waals surface area contributed by atoms with Crippen LogP contribution in [0, 0.1) is 0 Å². The summed E-state index contributed by atoms with van der Waals surface area (Å²) in [5, 5.41) is 21.9. The second-order valence-corrected chi connectivity index (χ2v) is 7.57. The Morgan fingerprint density at radius 1 is 0.750 bits per heavy atom. The molecule has 2 atom stereocenters. The van der Waals surface area contributed by atoms with Crippen LogP contribution < -0.4 is 11.5 Å². The number of aliphatic hydroxyl groups excluding tert-OH is 2. The van der Waals surface area contributed by atoms with E-state index in [9.17, 15) is 10.2 Å². The lowest BCUT2D eigenvalue weighted by Crippen LogP contribution is -2.09. The third-order valence-corrected chi connectivity index (χ3v) is 5.84. The van der Waals surface area contributed by atoms with Gasteiger partial charge in [-0.3, -0.25) is 0 Å². The number of thiazole rings is 2. The van der Waals surface area contributed by atoms with Crippen molar-refractivity contribution in [3.8, 4) is 0 Å². The molecule has 0 spiro atoms. The molecule has 0 unspecified atom stereocenters. The number of hydrogen-bond donors (Lipinski definition) is 4. The zero-order valence-corrected chi connectivity index (χ0v) is 14.0. The predicted octanol–water partition coefficient (Wildman–Crippen LogP) is 2.84. The third-order valence-electron chi connectivity index (χ3n) is 3.66. The fraction of sp³-hybridized carbons (Fsp3) is 0.125. The van der Waals surface area contributed by atoms with Gasteiger partial charge in [-0.05, 0) is 36.4 Å². The van der Waals surface area contributed by atoms with Gasteiger partial charge in [0.25, 0.3) is 0 Å². The van der Waals surface area contributed by atoms with Crippen molar-refractivity contribution in [2.75, 3.05) is 11.5 Å². The average molecular weight is 358 g/mol. The summed E-state index contributed by atoms with van der Waals surface area (Å²) in [6, 6.07) is 10.7. The number of benzene rings is 2. The molecule has 2 aromatic carbocycles. The molecular formula is C16H14N4O2S2. The van der Waals surface area contributed by atoms with Gasteiger partial charge in [-0.25, -0.2) is 9.97 Å². The first-order chi connectivity index (χ1) is 11.5. The van der Waals surface area contributed by atoms with Crippen molar-refractivity contribution in [3.63, 3.8) is 0 Å². The highest BCUT2D eigenvalue weighted by Gasteiger charge is 2.26. The first kappa shape index (κ1) is 15.3. The van der Waals surface area contributed by atoms with Crippen LogP contribution in [0.2, 0.25) is 0 Å². The minimum atomic E-state index is -1.15. The number of hydrogen-bond acceptors (Lipinski definition) is 8. The van der Waals surface area contributed by atoms with Crippen LogP contribution in [0.15, 0.2) is 36.4 Å². The van der Waals surface area contributed by atoms with Gasteiger partial charge in [-0.1, -0.05) is 0 Å². The molecule has 0 saturated heterocycles. The summed E-state index contributed by atoms with van der Waals surface area (Å²) in [4.78, 5) is 8.76. The van der Waals surface area contributed by atoms with Crippen LogP contribution in [0.3, 0.4) is 0 Å². The molecule has 0 saturated carbocycles. The van der Waals surface area contributed by atoms with Crippen LogP contribution >= 0.6 is 22.7 Å². The van der Waals surface area contributed by atoms with Crippen molar-refractivity contribution in [2.24, 2.45) is 0 Å². The lowest BCUT2D eigenvalue weighted by Gasteiger charge is -2.12. The summed E-state index contributed by atoms with van der Waals surface area (Å²) >= 11 is 2.62. The van der Waals surface area contributed by atoms with Gasteiger partial charge in [-0.15, -0.1) is 22.7 Å². The summed E-state index contributed by atoms with van der Waals surface area (Å²) in [5.74, 6) is 0. The van der Waals surface area contributed by atoms with Gasteiger partial charge < -0.3 is 21.7 Å². The Bertz CT molecular complexity index is 959. The molecule has 0 radical (unpaired) electrons. The van der Waals surface area contributed by atoms with Crippen molar-refractivity contribution >= 4 is 54.5 Å². The van der Waals surface area contributed by atoms with E-state index in [2.05, 4.69) is 9.97 Å². The smallest absolute Gasteiger partial charge is 0.138 e. The Morgan fingerprint density at radius 2 is 1.17 bits per heavy atom. The number of aliphatic hydroxyl groups is 2. The number of aromatic nitrogens is 2. The first-order valence-corrected chi connectivity index (χ1v) is 8.82. The summed E-state index contributed by atoms with van der Waals surface area (Å²) in [6.45, 7) is 0. The number of fused-ring (bicyclic) bond motifs is 2. The van der Waals surface area contributed by atoms with Crippen LogP contribution in [0.1, 0.15) is 22.2 Å². The standard InChI is InChI=1S/C16H14N4O2S2/c17-7-1-3-9-11(5-7)23-15(19-9)13(21)14(22)16-20-10-4-2-8(18)6-12(10)24-16/h1-6,13-14,21-22H,17-18H2/t13-,14-/m0/s1. The Kier molecular flexibility index (Phi) is 3.61. The van der Waals surface area contributed by atoms with E-state index in [1.165, 1.54) is 22.7 Å². The zero-order chi connectivity index (χ0) is 16.8. The van der Waals surface area contributed by atoms with Crippen molar-refractivity contribution < 1.29 is 10.2 Å². The number of nitrogens with two attached hydrogens (primary N) is 2. The summed E-state index contributed by atoms with van der Waals surface area (Å²) in [5.41, 5.74) is 14.3. The molecule has 0 aliphatic heterocycles. The maximum atomic E-state index is 10.5. The molecule has 6 nitrogen and oxygen atoms in total. The quantitative estimate of drug-likeness (QED) is 0.418.